The van der Waals surface area contributed by atoms with E-state index in [-0.39, 0.29) is 11.6 Å². The molecule has 0 amide bonds. The van der Waals surface area contributed by atoms with Gasteiger partial charge >= 0.3 is 5.97 Å². The molecule has 6 nitrogen and oxygen atoms in total. The van der Waals surface area contributed by atoms with Crippen molar-refractivity contribution in [1.82, 2.24) is 9.97 Å². The molecule has 0 unspecified atom stereocenters. The topological polar surface area (TPSA) is 101 Å². The van der Waals surface area contributed by atoms with Crippen LogP contribution in [-0.4, -0.2) is 27.7 Å². The zero-order valence-corrected chi connectivity index (χ0v) is 9.80. The van der Waals surface area contributed by atoms with Crippen molar-refractivity contribution in [2.45, 2.75) is 6.92 Å². The number of nitrogens with zero attached hydrogens (tertiary/aromatic N) is 1. The predicted octanol–water partition coefficient (Wildman–Crippen LogP) is 1.76. The van der Waals surface area contributed by atoms with Crippen LogP contribution in [0.4, 0.5) is 5.95 Å². The smallest absolute Gasteiger partial charge is 0.354 e. The third kappa shape index (κ3) is 2.27. The average molecular weight is 247 g/mol. The molecule has 0 aliphatic carbocycles. The summed E-state index contributed by atoms with van der Waals surface area (Å²) in [5, 5.41) is 9.05. The number of aromatic nitrogens is 2. The summed E-state index contributed by atoms with van der Waals surface area (Å²) < 4.78 is 5.36. The minimum Gasteiger partial charge on any atom is -0.494 e. The van der Waals surface area contributed by atoms with Crippen LogP contribution in [-0.2, 0) is 0 Å². The molecule has 94 valence electrons. The molecular formula is C12H13N3O3. The Hall–Kier alpha value is -2.50. The molecule has 0 saturated carbocycles. The van der Waals surface area contributed by atoms with Gasteiger partial charge in [0.05, 0.1) is 6.61 Å². The first-order chi connectivity index (χ1) is 8.61. The summed E-state index contributed by atoms with van der Waals surface area (Å²) >= 11 is 0. The van der Waals surface area contributed by atoms with Crippen LogP contribution in [0.2, 0.25) is 0 Å². The van der Waals surface area contributed by atoms with Gasteiger partial charge in [0.25, 0.3) is 0 Å². The lowest BCUT2D eigenvalue weighted by atomic mass is 10.1. The first-order valence-electron chi connectivity index (χ1n) is 5.43. The number of hydrogen-bond donors (Lipinski definition) is 3. The van der Waals surface area contributed by atoms with Crippen LogP contribution in [0.1, 0.15) is 17.4 Å². The van der Waals surface area contributed by atoms with Crippen molar-refractivity contribution in [2.24, 2.45) is 0 Å². The zero-order chi connectivity index (χ0) is 13.1. The van der Waals surface area contributed by atoms with Gasteiger partial charge in [0, 0.05) is 5.56 Å². The fourth-order valence-corrected chi connectivity index (χ4v) is 1.66. The lowest BCUT2D eigenvalue weighted by Gasteiger charge is -2.04. The second-order valence-electron chi connectivity index (χ2n) is 3.61. The second-order valence-corrected chi connectivity index (χ2v) is 3.61. The van der Waals surface area contributed by atoms with Crippen LogP contribution in [0.25, 0.3) is 11.3 Å². The summed E-state index contributed by atoms with van der Waals surface area (Å²) in [6.45, 7) is 2.42. The van der Waals surface area contributed by atoms with Crippen molar-refractivity contribution in [3.8, 4) is 17.0 Å². The molecule has 0 atom stereocenters. The number of nitrogen functional groups attached to an aromatic ring is 1. The number of imidazole rings is 1. The predicted molar refractivity (Wildman–Crippen MR) is 66.6 cm³/mol. The Kier molecular flexibility index (Phi) is 3.18. The Morgan fingerprint density at radius 3 is 3.00 bits per heavy atom. The maximum atomic E-state index is 11.1. The van der Waals surface area contributed by atoms with Gasteiger partial charge in [-0.25, -0.2) is 9.78 Å². The molecule has 0 fully saturated rings. The standard InChI is InChI=1S/C12H13N3O3/c1-2-18-8-5-3-4-7(6-8)9-10(11(16)17)15-12(13)14-9/h3-6H,2H2,1H3,(H,16,17)(H3,13,14,15). The molecule has 0 aliphatic heterocycles. The normalized spacial score (nSPS) is 10.3. The number of anilines is 1. The van der Waals surface area contributed by atoms with E-state index in [1.165, 1.54) is 0 Å². The number of benzene rings is 1. The third-order valence-corrected chi connectivity index (χ3v) is 2.35. The Morgan fingerprint density at radius 2 is 2.33 bits per heavy atom. The molecule has 0 aliphatic rings. The largest absolute Gasteiger partial charge is 0.494 e. The van der Waals surface area contributed by atoms with Gasteiger partial charge in [-0.3, -0.25) is 0 Å². The molecular weight excluding hydrogens is 234 g/mol. The van der Waals surface area contributed by atoms with Gasteiger partial charge in [-0.15, -0.1) is 0 Å². The van der Waals surface area contributed by atoms with E-state index in [1.54, 1.807) is 24.3 Å². The van der Waals surface area contributed by atoms with Crippen molar-refractivity contribution < 1.29 is 14.6 Å². The summed E-state index contributed by atoms with van der Waals surface area (Å²) in [6.07, 6.45) is 0. The van der Waals surface area contributed by atoms with Crippen LogP contribution < -0.4 is 10.5 Å². The van der Waals surface area contributed by atoms with Gasteiger partial charge in [0.1, 0.15) is 11.4 Å². The van der Waals surface area contributed by atoms with Crippen molar-refractivity contribution in [3.05, 3.63) is 30.0 Å². The summed E-state index contributed by atoms with van der Waals surface area (Å²) in [4.78, 5) is 17.6. The molecule has 18 heavy (non-hydrogen) atoms. The highest BCUT2D eigenvalue weighted by Crippen LogP contribution is 2.26. The van der Waals surface area contributed by atoms with Crippen molar-refractivity contribution in [3.63, 3.8) is 0 Å². The van der Waals surface area contributed by atoms with Crippen LogP contribution in [0.15, 0.2) is 24.3 Å². The van der Waals surface area contributed by atoms with Gasteiger partial charge in [0.15, 0.2) is 11.6 Å². The number of H-pyrrole nitrogens is 1. The minimum atomic E-state index is -1.10. The fourth-order valence-electron chi connectivity index (χ4n) is 1.66. The molecule has 2 aromatic rings. The van der Waals surface area contributed by atoms with E-state index in [1.807, 2.05) is 6.92 Å². The molecule has 1 aromatic heterocycles. The number of nitrogens with one attached hydrogen (secondary N) is 1. The van der Waals surface area contributed by atoms with E-state index >= 15 is 0 Å². The van der Waals surface area contributed by atoms with Crippen LogP contribution in [0.5, 0.6) is 5.75 Å². The molecule has 0 spiro atoms. The molecule has 4 N–H and O–H groups in total. The van der Waals surface area contributed by atoms with Gasteiger partial charge in [-0.2, -0.15) is 0 Å². The highest BCUT2D eigenvalue weighted by atomic mass is 16.5. The number of carboxylic acid groups (broad SMARTS) is 1. The number of ether oxygens (including phenoxy) is 1. The van der Waals surface area contributed by atoms with Gasteiger partial charge < -0.3 is 20.6 Å². The molecule has 1 heterocycles. The molecule has 0 radical (unpaired) electrons. The summed E-state index contributed by atoms with van der Waals surface area (Å²) in [7, 11) is 0. The van der Waals surface area contributed by atoms with E-state index in [2.05, 4.69) is 9.97 Å². The molecule has 0 saturated heterocycles. The number of aromatic amines is 1. The van der Waals surface area contributed by atoms with Crippen LogP contribution >= 0.6 is 0 Å². The van der Waals surface area contributed by atoms with E-state index in [4.69, 9.17) is 15.6 Å². The van der Waals surface area contributed by atoms with Crippen molar-refractivity contribution in [2.75, 3.05) is 12.3 Å². The molecule has 2 rings (SSSR count). The van der Waals surface area contributed by atoms with E-state index in [9.17, 15) is 4.79 Å². The molecule has 6 heteroatoms. The number of rotatable bonds is 4. The quantitative estimate of drug-likeness (QED) is 0.764. The molecule has 1 aromatic carbocycles. The fraction of sp³-hybridized carbons (Fsp3) is 0.167. The summed E-state index contributed by atoms with van der Waals surface area (Å²) in [5.74, 6) is -0.367. The number of carbonyl (C=O) groups is 1. The summed E-state index contributed by atoms with van der Waals surface area (Å²) in [5.41, 5.74) is 6.42. The molecule has 0 bridgehead atoms. The number of nitrogens with two attached hydrogens (primary N) is 1. The number of aromatic carboxylic acids is 1. The first kappa shape index (κ1) is 12.0. The highest BCUT2D eigenvalue weighted by molar-refractivity contribution is 5.93. The average Bonchev–Trinajstić information content (AvgIpc) is 2.72. The second kappa shape index (κ2) is 4.79. The van der Waals surface area contributed by atoms with Gasteiger partial charge in [0.2, 0.25) is 0 Å². The van der Waals surface area contributed by atoms with E-state index in [0.29, 0.717) is 23.6 Å². The Bertz CT molecular complexity index is 578. The van der Waals surface area contributed by atoms with Crippen molar-refractivity contribution in [1.29, 1.82) is 0 Å². The van der Waals surface area contributed by atoms with Gasteiger partial charge in [-0.05, 0) is 19.1 Å². The maximum Gasteiger partial charge on any atom is 0.354 e. The minimum absolute atomic E-state index is 0.0267. The Morgan fingerprint density at radius 1 is 1.56 bits per heavy atom. The first-order valence-corrected chi connectivity index (χ1v) is 5.43. The maximum absolute atomic E-state index is 11.1. The van der Waals surface area contributed by atoms with E-state index in [0.717, 1.165) is 0 Å². The monoisotopic (exact) mass is 247 g/mol. The zero-order valence-electron chi connectivity index (χ0n) is 9.80. The third-order valence-electron chi connectivity index (χ3n) is 2.35. The Balaban J connectivity index is 2.47. The SMILES string of the molecule is CCOc1cccc(-c2nc(N)[nH]c2C(=O)O)c1. The number of carboxylic acids is 1. The lowest BCUT2D eigenvalue weighted by molar-refractivity contribution is 0.0692. The van der Waals surface area contributed by atoms with Crippen LogP contribution in [0, 0.1) is 0 Å². The summed E-state index contributed by atoms with van der Waals surface area (Å²) in [6, 6.07) is 7.05. The Labute approximate surface area is 103 Å². The number of hydrogen-bond acceptors (Lipinski definition) is 4. The van der Waals surface area contributed by atoms with Gasteiger partial charge in [-0.1, -0.05) is 12.1 Å². The highest BCUT2D eigenvalue weighted by Gasteiger charge is 2.17. The van der Waals surface area contributed by atoms with Crippen LogP contribution in [0.3, 0.4) is 0 Å². The lowest BCUT2D eigenvalue weighted by Crippen LogP contribution is -1.99. The van der Waals surface area contributed by atoms with Crippen molar-refractivity contribution >= 4 is 11.9 Å². The van der Waals surface area contributed by atoms with E-state index < -0.39 is 5.97 Å².